The van der Waals surface area contributed by atoms with Crippen LogP contribution in [0.3, 0.4) is 0 Å². The number of carbonyl (C=O) groups excluding carboxylic acids is 1. The predicted octanol–water partition coefficient (Wildman–Crippen LogP) is 4.65. The molecule has 0 aromatic carbocycles. The first kappa shape index (κ1) is 17.8. The average molecular weight is 273 g/mol. The summed E-state index contributed by atoms with van der Waals surface area (Å²) in [6.45, 7) is 16.9. The average Bonchev–Trinajstić information content (AvgIpc) is 2.24. The smallest absolute Gasteiger partial charge is 0.192 e. The van der Waals surface area contributed by atoms with Crippen molar-refractivity contribution in [3.05, 3.63) is 0 Å². The van der Waals surface area contributed by atoms with E-state index in [1.807, 2.05) is 0 Å². The van der Waals surface area contributed by atoms with Gasteiger partial charge in [-0.2, -0.15) is 0 Å². The zero-order valence-corrected chi connectivity index (χ0v) is 14.4. The van der Waals surface area contributed by atoms with E-state index >= 15 is 0 Å². The fraction of sp³-hybridized carbons (Fsp3) is 0.933. The van der Waals surface area contributed by atoms with Gasteiger partial charge in [-0.15, -0.1) is 0 Å². The maximum absolute atomic E-state index is 10.4. The molecule has 0 radical (unpaired) electrons. The van der Waals surface area contributed by atoms with Crippen LogP contribution in [0.15, 0.2) is 0 Å². The second-order valence-electron chi connectivity index (χ2n) is 6.88. The summed E-state index contributed by atoms with van der Waals surface area (Å²) in [5, 5.41) is 0.293. The molecule has 0 bridgehead atoms. The Bertz CT molecular complexity index is 247. The van der Waals surface area contributed by atoms with Crippen LogP contribution in [-0.2, 0) is 9.22 Å². The van der Waals surface area contributed by atoms with E-state index < -0.39 is 8.32 Å². The first-order valence-electron chi connectivity index (χ1n) is 7.22. The maximum atomic E-state index is 10.4. The summed E-state index contributed by atoms with van der Waals surface area (Å²) in [5.74, 6) is 1.14. The molecule has 0 amide bonds. The lowest BCUT2D eigenvalue weighted by molar-refractivity contribution is -0.108. The van der Waals surface area contributed by atoms with E-state index in [9.17, 15) is 4.79 Å². The molecule has 0 N–H and O–H groups in total. The molecule has 2 nitrogen and oxygen atoms in total. The molecule has 3 heteroatoms. The van der Waals surface area contributed by atoms with E-state index in [4.69, 9.17) is 4.43 Å². The first-order chi connectivity index (χ1) is 8.15. The second kappa shape index (κ2) is 7.44. The summed E-state index contributed by atoms with van der Waals surface area (Å²) in [6.07, 6.45) is 3.86. The minimum Gasteiger partial charge on any atom is -0.417 e. The molecule has 0 aliphatic carbocycles. The van der Waals surface area contributed by atoms with Gasteiger partial charge in [0.2, 0.25) is 0 Å². The first-order valence-corrected chi connectivity index (χ1v) is 10.1. The number of aldehydes is 1. The standard InChI is InChI=1S/C15H32O2Si/c1-13(2)15(4,5)18(6,7)17-12-8-9-14(3)10-11-16/h11,13-14H,8-10,12H2,1-7H3. The zero-order valence-electron chi connectivity index (χ0n) is 13.4. The highest BCUT2D eigenvalue weighted by molar-refractivity contribution is 6.74. The Morgan fingerprint density at radius 2 is 1.78 bits per heavy atom. The summed E-state index contributed by atoms with van der Waals surface area (Å²) in [5.41, 5.74) is 0. The molecular formula is C15H32O2Si. The van der Waals surface area contributed by atoms with Crippen LogP contribution < -0.4 is 0 Å². The molecule has 0 aliphatic rings. The Kier molecular flexibility index (Phi) is 7.38. The summed E-state index contributed by atoms with van der Waals surface area (Å²) in [4.78, 5) is 10.4. The van der Waals surface area contributed by atoms with Crippen molar-refractivity contribution in [3.8, 4) is 0 Å². The van der Waals surface area contributed by atoms with Gasteiger partial charge in [-0.05, 0) is 42.8 Å². The lowest BCUT2D eigenvalue weighted by Crippen LogP contribution is -2.45. The van der Waals surface area contributed by atoms with E-state index in [1.165, 1.54) is 0 Å². The summed E-state index contributed by atoms with van der Waals surface area (Å²) in [7, 11) is -1.65. The van der Waals surface area contributed by atoms with Crippen LogP contribution in [0.2, 0.25) is 18.1 Å². The molecule has 0 spiro atoms. The van der Waals surface area contributed by atoms with E-state index in [1.54, 1.807) is 0 Å². The SMILES string of the molecule is CC(CC=O)CCCO[Si](C)(C)C(C)(C)C(C)C. The van der Waals surface area contributed by atoms with E-state index in [0.29, 0.717) is 23.3 Å². The second-order valence-corrected chi connectivity index (χ2v) is 11.5. The molecule has 1 unspecified atom stereocenters. The van der Waals surface area contributed by atoms with Crippen molar-refractivity contribution < 1.29 is 9.22 Å². The van der Waals surface area contributed by atoms with Crippen molar-refractivity contribution in [2.75, 3.05) is 6.61 Å². The predicted molar refractivity (Wildman–Crippen MR) is 81.4 cm³/mol. The van der Waals surface area contributed by atoms with Gasteiger partial charge in [-0.25, -0.2) is 0 Å². The molecule has 1 atom stereocenters. The third kappa shape index (κ3) is 5.23. The molecule has 0 aromatic heterocycles. The summed E-state index contributed by atoms with van der Waals surface area (Å²) >= 11 is 0. The molecule has 0 saturated carbocycles. The molecule has 0 rings (SSSR count). The van der Waals surface area contributed by atoms with E-state index in [0.717, 1.165) is 25.7 Å². The van der Waals surface area contributed by atoms with Crippen molar-refractivity contribution in [2.45, 2.75) is 72.0 Å². The maximum Gasteiger partial charge on any atom is 0.192 e. The lowest BCUT2D eigenvalue weighted by atomic mass is 9.99. The highest BCUT2D eigenvalue weighted by Crippen LogP contribution is 2.44. The summed E-state index contributed by atoms with van der Waals surface area (Å²) in [6, 6.07) is 0. The van der Waals surface area contributed by atoms with Crippen molar-refractivity contribution in [1.82, 2.24) is 0 Å². The highest BCUT2D eigenvalue weighted by Gasteiger charge is 2.42. The number of carbonyl (C=O) groups is 1. The van der Waals surface area contributed by atoms with E-state index in [-0.39, 0.29) is 0 Å². The molecule has 0 aromatic rings. The minimum absolute atomic E-state index is 0.293. The molecule has 0 saturated heterocycles. The van der Waals surface area contributed by atoms with Gasteiger partial charge in [0.05, 0.1) is 0 Å². The van der Waals surface area contributed by atoms with Gasteiger partial charge in [0.25, 0.3) is 0 Å². The Balaban J connectivity index is 4.09. The molecule has 18 heavy (non-hydrogen) atoms. The van der Waals surface area contributed by atoms with Crippen LogP contribution in [0, 0.1) is 11.8 Å². The topological polar surface area (TPSA) is 26.3 Å². The zero-order chi connectivity index (χ0) is 14.4. The Morgan fingerprint density at radius 3 is 2.22 bits per heavy atom. The summed E-state index contributed by atoms with van der Waals surface area (Å²) < 4.78 is 6.23. The largest absolute Gasteiger partial charge is 0.417 e. The van der Waals surface area contributed by atoms with Crippen molar-refractivity contribution in [1.29, 1.82) is 0 Å². The third-order valence-electron chi connectivity index (χ3n) is 4.80. The quantitative estimate of drug-likeness (QED) is 0.347. The van der Waals surface area contributed by atoms with E-state index in [2.05, 4.69) is 47.7 Å². The van der Waals surface area contributed by atoms with Gasteiger partial charge in [0, 0.05) is 13.0 Å². The molecule has 0 fully saturated rings. The van der Waals surface area contributed by atoms with Crippen LogP contribution in [-0.4, -0.2) is 21.2 Å². The van der Waals surface area contributed by atoms with Crippen LogP contribution in [0.1, 0.15) is 53.9 Å². The van der Waals surface area contributed by atoms with Crippen molar-refractivity contribution in [2.24, 2.45) is 11.8 Å². The lowest BCUT2D eigenvalue weighted by Gasteiger charge is -2.42. The highest BCUT2D eigenvalue weighted by atomic mass is 28.4. The number of hydrogen-bond acceptors (Lipinski definition) is 2. The van der Waals surface area contributed by atoms with Gasteiger partial charge in [0.15, 0.2) is 8.32 Å². The van der Waals surface area contributed by atoms with Gasteiger partial charge in [-0.3, -0.25) is 0 Å². The number of hydrogen-bond donors (Lipinski definition) is 0. The van der Waals surface area contributed by atoms with Crippen LogP contribution >= 0.6 is 0 Å². The van der Waals surface area contributed by atoms with Gasteiger partial charge in [0.1, 0.15) is 6.29 Å². The molecule has 108 valence electrons. The van der Waals surface area contributed by atoms with Gasteiger partial charge in [-0.1, -0.05) is 34.6 Å². The fourth-order valence-electron chi connectivity index (χ4n) is 1.92. The van der Waals surface area contributed by atoms with Gasteiger partial charge < -0.3 is 9.22 Å². The third-order valence-corrected chi connectivity index (χ3v) is 9.40. The van der Waals surface area contributed by atoms with Crippen molar-refractivity contribution >= 4 is 14.6 Å². The molecule has 0 aliphatic heterocycles. The minimum atomic E-state index is -1.65. The van der Waals surface area contributed by atoms with Crippen LogP contribution in [0.5, 0.6) is 0 Å². The molecule has 0 heterocycles. The van der Waals surface area contributed by atoms with Gasteiger partial charge >= 0.3 is 0 Å². The van der Waals surface area contributed by atoms with Crippen LogP contribution in [0.25, 0.3) is 0 Å². The Morgan fingerprint density at radius 1 is 1.22 bits per heavy atom. The van der Waals surface area contributed by atoms with Crippen LogP contribution in [0.4, 0.5) is 0 Å². The fourth-order valence-corrected chi connectivity index (χ4v) is 4.34. The normalized spacial score (nSPS) is 14.9. The van der Waals surface area contributed by atoms with Crippen molar-refractivity contribution in [3.63, 3.8) is 0 Å². The Hall–Kier alpha value is -0.153. The monoisotopic (exact) mass is 272 g/mol. The molecular weight excluding hydrogens is 240 g/mol. The number of rotatable bonds is 9. The Labute approximate surface area is 115 Å².